The minimum atomic E-state index is -0.244. The van der Waals surface area contributed by atoms with E-state index in [1.165, 1.54) is 0 Å². The molecule has 1 atom stereocenters. The van der Waals surface area contributed by atoms with Crippen molar-refractivity contribution < 1.29 is 9.32 Å². The summed E-state index contributed by atoms with van der Waals surface area (Å²) in [5, 5.41) is 14.1. The molecule has 2 heterocycles. The Balaban J connectivity index is 1.86. The van der Waals surface area contributed by atoms with E-state index in [0.29, 0.717) is 18.2 Å². The Bertz CT molecular complexity index is 672. The van der Waals surface area contributed by atoms with Crippen LogP contribution in [0, 0.1) is 6.92 Å². The molecule has 0 unspecified atom stereocenters. The molecule has 0 aliphatic carbocycles. The molecule has 2 aromatic heterocycles. The van der Waals surface area contributed by atoms with Gasteiger partial charge < -0.3 is 15.2 Å². The highest BCUT2D eigenvalue weighted by Gasteiger charge is 2.16. The average Bonchev–Trinajstić information content (AvgIpc) is 3.13. The van der Waals surface area contributed by atoms with E-state index in [4.69, 9.17) is 4.52 Å². The van der Waals surface area contributed by atoms with E-state index in [1.54, 1.807) is 4.68 Å². The third-order valence-corrected chi connectivity index (χ3v) is 4.27. The van der Waals surface area contributed by atoms with Crippen LogP contribution in [0.15, 0.2) is 16.8 Å². The van der Waals surface area contributed by atoms with E-state index in [-0.39, 0.29) is 12.1 Å². The first kappa shape index (κ1) is 18.0. The number of urea groups is 1. The zero-order chi connectivity index (χ0) is 17.7. The van der Waals surface area contributed by atoms with Gasteiger partial charge in [0.05, 0.1) is 24.0 Å². The van der Waals surface area contributed by atoms with Crippen molar-refractivity contribution in [1.82, 2.24) is 25.6 Å². The van der Waals surface area contributed by atoms with Gasteiger partial charge >= 0.3 is 6.03 Å². The molecule has 0 aromatic carbocycles. The Labute approximate surface area is 142 Å². The Hall–Kier alpha value is -2.31. The maximum atomic E-state index is 12.1. The molecule has 0 aliphatic heterocycles. The van der Waals surface area contributed by atoms with Crippen LogP contribution >= 0.6 is 0 Å². The highest BCUT2D eigenvalue weighted by Crippen LogP contribution is 2.22. The van der Waals surface area contributed by atoms with Crippen LogP contribution in [0.2, 0.25) is 0 Å². The van der Waals surface area contributed by atoms with Gasteiger partial charge in [0, 0.05) is 30.8 Å². The molecule has 24 heavy (non-hydrogen) atoms. The van der Waals surface area contributed by atoms with Crippen LogP contribution in [0.5, 0.6) is 0 Å². The second-order valence-electron chi connectivity index (χ2n) is 6.12. The van der Waals surface area contributed by atoms with Crippen LogP contribution in [0.1, 0.15) is 68.3 Å². The van der Waals surface area contributed by atoms with Crippen molar-refractivity contribution in [2.24, 2.45) is 7.05 Å². The Morgan fingerprint density at radius 3 is 2.67 bits per heavy atom. The summed E-state index contributed by atoms with van der Waals surface area (Å²) in [4.78, 5) is 12.1. The van der Waals surface area contributed by atoms with E-state index in [0.717, 1.165) is 29.8 Å². The second-order valence-corrected chi connectivity index (χ2v) is 6.12. The fourth-order valence-corrected chi connectivity index (χ4v) is 2.85. The van der Waals surface area contributed by atoms with Crippen LogP contribution < -0.4 is 10.6 Å². The first-order valence-electron chi connectivity index (χ1n) is 8.44. The van der Waals surface area contributed by atoms with Crippen molar-refractivity contribution in [3.8, 4) is 0 Å². The molecule has 2 amide bonds. The third-order valence-electron chi connectivity index (χ3n) is 4.27. The Morgan fingerprint density at radius 1 is 1.38 bits per heavy atom. The smallest absolute Gasteiger partial charge is 0.315 e. The Morgan fingerprint density at radius 2 is 2.08 bits per heavy atom. The molecule has 0 aliphatic rings. The van der Waals surface area contributed by atoms with E-state index >= 15 is 0 Å². The van der Waals surface area contributed by atoms with Crippen LogP contribution in [0.4, 0.5) is 4.79 Å². The minimum Gasteiger partial charge on any atom is -0.359 e. The summed E-state index contributed by atoms with van der Waals surface area (Å²) in [7, 11) is 1.87. The van der Waals surface area contributed by atoms with Gasteiger partial charge in [-0.2, -0.15) is 5.10 Å². The summed E-state index contributed by atoms with van der Waals surface area (Å²) in [6.45, 7) is 8.45. The number of aryl methyl sites for hydroxylation is 2. The molecule has 132 valence electrons. The van der Waals surface area contributed by atoms with E-state index in [1.807, 2.05) is 33.2 Å². The zero-order valence-corrected chi connectivity index (χ0v) is 15.1. The molecule has 0 bridgehead atoms. The third kappa shape index (κ3) is 4.37. The first-order chi connectivity index (χ1) is 11.4. The molecule has 0 saturated heterocycles. The van der Waals surface area contributed by atoms with Crippen molar-refractivity contribution in [2.75, 3.05) is 0 Å². The lowest BCUT2D eigenvalue weighted by Gasteiger charge is -2.13. The molecule has 7 heteroatoms. The monoisotopic (exact) mass is 333 g/mol. The number of rotatable bonds is 7. The van der Waals surface area contributed by atoms with E-state index in [9.17, 15) is 4.79 Å². The van der Waals surface area contributed by atoms with Gasteiger partial charge in [0.1, 0.15) is 0 Å². The number of nitrogens with zero attached hydrogens (tertiary/aromatic N) is 3. The van der Waals surface area contributed by atoms with Gasteiger partial charge in [-0.1, -0.05) is 19.0 Å². The summed E-state index contributed by atoms with van der Waals surface area (Å²) in [6.07, 6.45) is 3.97. The maximum Gasteiger partial charge on any atom is 0.315 e. The summed E-state index contributed by atoms with van der Waals surface area (Å²) in [5.74, 6) is 1.07. The summed E-state index contributed by atoms with van der Waals surface area (Å²) < 4.78 is 7.05. The normalized spacial score (nSPS) is 12.4. The van der Waals surface area contributed by atoms with Gasteiger partial charge in [-0.3, -0.25) is 4.68 Å². The van der Waals surface area contributed by atoms with Gasteiger partial charge in [0.25, 0.3) is 0 Å². The second kappa shape index (κ2) is 7.99. The predicted molar refractivity (Wildman–Crippen MR) is 91.6 cm³/mol. The fraction of sp³-hybridized carbons (Fsp3) is 0.588. The molecule has 2 aromatic rings. The summed E-state index contributed by atoms with van der Waals surface area (Å²) in [5.41, 5.74) is 2.87. The molecule has 0 saturated carbocycles. The SMILES string of the molecule is CCC(CC)c1cc(CNC(=O)N[C@H](C)c2cn(C)nc2C)on1. The first-order valence-corrected chi connectivity index (χ1v) is 8.44. The molecular formula is C17H27N5O2. The molecule has 2 rings (SSSR count). The van der Waals surface area contributed by atoms with E-state index < -0.39 is 0 Å². The number of hydrogen-bond acceptors (Lipinski definition) is 4. The Kier molecular flexibility index (Phi) is 6.00. The van der Waals surface area contributed by atoms with Gasteiger partial charge in [-0.25, -0.2) is 4.79 Å². The standard InChI is InChI=1S/C17H27N5O2/c1-6-13(7-2)16-8-14(24-21-16)9-18-17(23)19-11(3)15-10-22(5)20-12(15)4/h8,10-11,13H,6-7,9H2,1-5H3,(H2,18,19,23)/t11-/m1/s1. The number of amides is 2. The lowest BCUT2D eigenvalue weighted by Crippen LogP contribution is -2.36. The lowest BCUT2D eigenvalue weighted by atomic mass is 9.99. The molecule has 7 nitrogen and oxygen atoms in total. The van der Waals surface area contributed by atoms with Crippen LogP contribution in [-0.2, 0) is 13.6 Å². The predicted octanol–water partition coefficient (Wildman–Crippen LogP) is 3.18. The maximum absolute atomic E-state index is 12.1. The van der Waals surface area contributed by atoms with Crippen molar-refractivity contribution in [2.45, 2.75) is 59.0 Å². The van der Waals surface area contributed by atoms with Crippen molar-refractivity contribution in [1.29, 1.82) is 0 Å². The lowest BCUT2D eigenvalue weighted by molar-refractivity contribution is 0.235. The highest BCUT2D eigenvalue weighted by molar-refractivity contribution is 5.74. The van der Waals surface area contributed by atoms with Crippen molar-refractivity contribution >= 4 is 6.03 Å². The highest BCUT2D eigenvalue weighted by atomic mass is 16.5. The van der Waals surface area contributed by atoms with Crippen LogP contribution in [0.3, 0.4) is 0 Å². The van der Waals surface area contributed by atoms with Crippen molar-refractivity contribution in [3.05, 3.63) is 35.0 Å². The zero-order valence-electron chi connectivity index (χ0n) is 15.1. The van der Waals surface area contributed by atoms with Crippen LogP contribution in [0.25, 0.3) is 0 Å². The fourth-order valence-electron chi connectivity index (χ4n) is 2.85. The number of carbonyl (C=O) groups excluding carboxylic acids is 1. The number of aromatic nitrogens is 3. The average molecular weight is 333 g/mol. The van der Waals surface area contributed by atoms with Crippen molar-refractivity contribution in [3.63, 3.8) is 0 Å². The van der Waals surface area contributed by atoms with E-state index in [2.05, 4.69) is 34.7 Å². The number of nitrogens with one attached hydrogen (secondary N) is 2. The summed E-state index contributed by atoms with van der Waals surface area (Å²) >= 11 is 0. The van der Waals surface area contributed by atoms with Gasteiger partial charge in [-0.05, 0) is 26.7 Å². The number of hydrogen-bond donors (Lipinski definition) is 2. The van der Waals surface area contributed by atoms with Gasteiger partial charge in [0.2, 0.25) is 0 Å². The minimum absolute atomic E-state index is 0.117. The molecular weight excluding hydrogens is 306 g/mol. The molecule has 0 radical (unpaired) electrons. The molecule has 0 spiro atoms. The number of carbonyl (C=O) groups is 1. The largest absolute Gasteiger partial charge is 0.359 e. The quantitative estimate of drug-likeness (QED) is 0.815. The topological polar surface area (TPSA) is 85.0 Å². The summed E-state index contributed by atoms with van der Waals surface area (Å²) in [6, 6.07) is 1.56. The van der Waals surface area contributed by atoms with Crippen LogP contribution in [-0.4, -0.2) is 21.0 Å². The van der Waals surface area contributed by atoms with Gasteiger partial charge in [-0.15, -0.1) is 0 Å². The molecule has 0 fully saturated rings. The molecule has 2 N–H and O–H groups in total. The van der Waals surface area contributed by atoms with Gasteiger partial charge in [0.15, 0.2) is 5.76 Å².